The topological polar surface area (TPSA) is 58.3 Å². The van der Waals surface area contributed by atoms with Crippen molar-refractivity contribution < 1.29 is 5.21 Å². The summed E-state index contributed by atoms with van der Waals surface area (Å²) in [5.41, 5.74) is 7.37. The van der Waals surface area contributed by atoms with Gasteiger partial charge in [0.1, 0.15) is 0 Å². The largest absolute Gasteiger partial charge is 0.401 e. The van der Waals surface area contributed by atoms with Gasteiger partial charge in [-0.2, -0.15) is 0 Å². The summed E-state index contributed by atoms with van der Waals surface area (Å²) in [5.74, 6) is 0. The van der Waals surface area contributed by atoms with Crippen LogP contribution in [0.25, 0.3) is 0 Å². The number of hydrogen-bond acceptors (Lipinski definition) is 3. The van der Waals surface area contributed by atoms with Gasteiger partial charge in [-0.3, -0.25) is 10.7 Å². The van der Waals surface area contributed by atoms with E-state index in [0.29, 0.717) is 5.70 Å². The lowest BCUT2D eigenvalue weighted by Gasteiger charge is -1.84. The van der Waals surface area contributed by atoms with Crippen LogP contribution in [0.15, 0.2) is 11.9 Å². The summed E-state index contributed by atoms with van der Waals surface area (Å²) >= 11 is 0. The fourth-order valence-electron chi connectivity index (χ4n) is 0.102. The van der Waals surface area contributed by atoms with E-state index in [0.717, 1.165) is 0 Å². The van der Waals surface area contributed by atoms with Gasteiger partial charge in [0.2, 0.25) is 0 Å². The van der Waals surface area contributed by atoms with Gasteiger partial charge in [-0.05, 0) is 6.92 Å². The molecule has 0 fully saturated rings. The molecule has 36 valence electrons. The van der Waals surface area contributed by atoms with Crippen LogP contribution in [0.1, 0.15) is 6.92 Å². The van der Waals surface area contributed by atoms with E-state index in [1.54, 1.807) is 12.4 Å². The first kappa shape index (κ1) is 5.30. The number of hydrogen-bond donors (Lipinski definition) is 3. The maximum Gasteiger partial charge on any atom is 0.0425 e. The van der Waals surface area contributed by atoms with Crippen molar-refractivity contribution in [3.05, 3.63) is 11.9 Å². The molecule has 4 N–H and O–H groups in total. The second-order valence-electron chi connectivity index (χ2n) is 1.02. The Labute approximate surface area is 36.4 Å². The molecule has 0 aromatic carbocycles. The van der Waals surface area contributed by atoms with Gasteiger partial charge in [-0.15, -0.1) is 0 Å². The van der Waals surface area contributed by atoms with Crippen LogP contribution in [-0.4, -0.2) is 5.21 Å². The molecule has 0 aliphatic carbocycles. The predicted molar refractivity (Wildman–Crippen MR) is 22.9 cm³/mol. The minimum atomic E-state index is 0.553. The Bertz CT molecular complexity index is 55.8. The van der Waals surface area contributed by atoms with E-state index >= 15 is 0 Å². The molecule has 0 heterocycles. The average molecular weight is 88.1 g/mol. The predicted octanol–water partition coefficient (Wildman–Crippen LogP) is -0.215. The quantitative estimate of drug-likeness (QED) is 0.388. The highest BCUT2D eigenvalue weighted by atomic mass is 16.5. The maximum absolute atomic E-state index is 7.83. The molecule has 0 unspecified atom stereocenters. The van der Waals surface area contributed by atoms with E-state index in [9.17, 15) is 0 Å². The Balaban J connectivity index is 3.14. The molecule has 0 aromatic heterocycles. The SMILES string of the molecule is C/C(N)=C\NO. The average Bonchev–Trinajstić information content (AvgIpc) is 1.35. The molecule has 0 aliphatic rings. The Hall–Kier alpha value is -0.700. The number of nitrogens with two attached hydrogens (primary N) is 1. The molecule has 0 radical (unpaired) electrons. The molecule has 0 atom stereocenters. The zero-order valence-corrected chi connectivity index (χ0v) is 3.60. The Morgan fingerprint density at radius 2 is 2.50 bits per heavy atom. The summed E-state index contributed by atoms with van der Waals surface area (Å²) in [4.78, 5) is 0. The summed E-state index contributed by atoms with van der Waals surface area (Å²) in [6.07, 6.45) is 1.29. The smallest absolute Gasteiger partial charge is 0.0425 e. The third-order valence-corrected chi connectivity index (χ3v) is 0.292. The molecule has 6 heavy (non-hydrogen) atoms. The van der Waals surface area contributed by atoms with Crippen LogP contribution in [0.5, 0.6) is 0 Å². The van der Waals surface area contributed by atoms with Crippen molar-refractivity contribution in [1.82, 2.24) is 5.48 Å². The van der Waals surface area contributed by atoms with Crippen LogP contribution in [0.3, 0.4) is 0 Å². The first-order chi connectivity index (χ1) is 2.77. The summed E-state index contributed by atoms with van der Waals surface area (Å²) in [7, 11) is 0. The van der Waals surface area contributed by atoms with E-state index in [2.05, 4.69) is 0 Å². The highest BCUT2D eigenvalue weighted by molar-refractivity contribution is 4.86. The third kappa shape index (κ3) is 3.30. The molecule has 0 rings (SSSR count). The Morgan fingerprint density at radius 1 is 2.00 bits per heavy atom. The summed E-state index contributed by atoms with van der Waals surface area (Å²) in [5, 5.41) is 7.83. The molecule has 0 amide bonds. The first-order valence-corrected chi connectivity index (χ1v) is 1.59. The molecule has 0 saturated carbocycles. The van der Waals surface area contributed by atoms with Gasteiger partial charge in [-0.1, -0.05) is 0 Å². The van der Waals surface area contributed by atoms with Crippen LogP contribution in [0.4, 0.5) is 0 Å². The van der Waals surface area contributed by atoms with Crippen molar-refractivity contribution >= 4 is 0 Å². The van der Waals surface area contributed by atoms with E-state index in [4.69, 9.17) is 10.9 Å². The zero-order chi connectivity index (χ0) is 4.99. The van der Waals surface area contributed by atoms with Crippen molar-refractivity contribution in [3.8, 4) is 0 Å². The number of rotatable bonds is 1. The zero-order valence-electron chi connectivity index (χ0n) is 3.60. The first-order valence-electron chi connectivity index (χ1n) is 1.59. The maximum atomic E-state index is 7.83. The molecule has 0 bridgehead atoms. The lowest BCUT2D eigenvalue weighted by Crippen LogP contribution is -2.00. The monoisotopic (exact) mass is 88.1 g/mol. The normalized spacial score (nSPS) is 11.3. The molecule has 3 nitrogen and oxygen atoms in total. The highest BCUT2D eigenvalue weighted by Gasteiger charge is 1.66. The fraction of sp³-hybridized carbons (Fsp3) is 0.333. The van der Waals surface area contributed by atoms with Gasteiger partial charge < -0.3 is 5.73 Å². The van der Waals surface area contributed by atoms with Gasteiger partial charge in [0.25, 0.3) is 0 Å². The van der Waals surface area contributed by atoms with E-state index in [1.165, 1.54) is 6.20 Å². The highest BCUT2D eigenvalue weighted by Crippen LogP contribution is 1.68. The summed E-state index contributed by atoms with van der Waals surface area (Å²) in [6.45, 7) is 1.67. The van der Waals surface area contributed by atoms with Crippen LogP contribution < -0.4 is 11.2 Å². The lowest BCUT2D eigenvalue weighted by atomic mass is 10.6. The van der Waals surface area contributed by atoms with Crippen LogP contribution in [0, 0.1) is 0 Å². The van der Waals surface area contributed by atoms with Gasteiger partial charge in [0.15, 0.2) is 0 Å². The van der Waals surface area contributed by atoms with Gasteiger partial charge >= 0.3 is 0 Å². The lowest BCUT2D eigenvalue weighted by molar-refractivity contribution is 0.213. The fourth-order valence-corrected chi connectivity index (χ4v) is 0.102. The van der Waals surface area contributed by atoms with Crippen molar-refractivity contribution in [1.29, 1.82) is 0 Å². The summed E-state index contributed by atoms with van der Waals surface area (Å²) < 4.78 is 0. The number of nitrogens with one attached hydrogen (secondary N) is 1. The minimum Gasteiger partial charge on any atom is -0.401 e. The van der Waals surface area contributed by atoms with E-state index in [1.807, 2.05) is 0 Å². The molecular weight excluding hydrogens is 80.0 g/mol. The van der Waals surface area contributed by atoms with Crippen LogP contribution in [0.2, 0.25) is 0 Å². The van der Waals surface area contributed by atoms with Crippen LogP contribution >= 0.6 is 0 Å². The van der Waals surface area contributed by atoms with Gasteiger partial charge in [0, 0.05) is 11.9 Å². The molecule has 0 saturated heterocycles. The van der Waals surface area contributed by atoms with Gasteiger partial charge in [-0.25, -0.2) is 0 Å². The van der Waals surface area contributed by atoms with Crippen molar-refractivity contribution in [2.45, 2.75) is 6.92 Å². The molecule has 0 spiro atoms. The number of hydroxylamine groups is 1. The molecule has 0 aliphatic heterocycles. The second-order valence-corrected chi connectivity index (χ2v) is 1.02. The molecular formula is C3H8N2O. The molecule has 0 aromatic rings. The van der Waals surface area contributed by atoms with E-state index in [-0.39, 0.29) is 0 Å². The molecule has 3 heteroatoms. The van der Waals surface area contributed by atoms with E-state index < -0.39 is 0 Å². The third-order valence-electron chi connectivity index (χ3n) is 0.292. The van der Waals surface area contributed by atoms with Crippen molar-refractivity contribution in [2.75, 3.05) is 0 Å². The van der Waals surface area contributed by atoms with Crippen molar-refractivity contribution in [2.24, 2.45) is 5.73 Å². The van der Waals surface area contributed by atoms with Crippen molar-refractivity contribution in [3.63, 3.8) is 0 Å². The van der Waals surface area contributed by atoms with Gasteiger partial charge in [0.05, 0.1) is 0 Å². The second kappa shape index (κ2) is 2.53. The number of allylic oxidation sites excluding steroid dienone is 1. The Kier molecular flexibility index (Phi) is 2.24. The standard InChI is InChI=1S/C3H8N2O/c1-3(4)2-5-6/h2,5-6H,4H2,1H3/b3-2+. The summed E-state index contributed by atoms with van der Waals surface area (Å²) in [6, 6.07) is 0. The minimum absolute atomic E-state index is 0.553. The Morgan fingerprint density at radius 3 is 2.50 bits per heavy atom. The van der Waals surface area contributed by atoms with Crippen LogP contribution in [-0.2, 0) is 0 Å².